The highest BCUT2D eigenvalue weighted by atomic mass is 32.1. The summed E-state index contributed by atoms with van der Waals surface area (Å²) in [6, 6.07) is 17.2. The summed E-state index contributed by atoms with van der Waals surface area (Å²) >= 11 is 1.51. The van der Waals surface area contributed by atoms with Crippen molar-refractivity contribution in [1.29, 1.82) is 0 Å². The Bertz CT molecular complexity index is 1160. The summed E-state index contributed by atoms with van der Waals surface area (Å²) in [5.74, 6) is -1.38. The van der Waals surface area contributed by atoms with E-state index in [0.29, 0.717) is 42.1 Å². The molecule has 0 saturated heterocycles. The van der Waals surface area contributed by atoms with Gasteiger partial charge in [0, 0.05) is 29.8 Å². The average Bonchev–Trinajstić information content (AvgIpc) is 3.38. The number of rotatable bonds is 8. The molecule has 0 unspecified atom stereocenters. The van der Waals surface area contributed by atoms with Crippen LogP contribution >= 0.6 is 11.3 Å². The number of nitrogens with one attached hydrogen (secondary N) is 1. The fraction of sp³-hybridized carbons (Fsp3) is 0.269. The molecule has 2 heterocycles. The summed E-state index contributed by atoms with van der Waals surface area (Å²) in [7, 11) is 1.59. The van der Waals surface area contributed by atoms with E-state index in [1.165, 1.54) is 11.3 Å². The van der Waals surface area contributed by atoms with Crippen molar-refractivity contribution in [2.75, 3.05) is 32.2 Å². The molecule has 8 heteroatoms. The van der Waals surface area contributed by atoms with Crippen molar-refractivity contribution in [3.63, 3.8) is 0 Å². The molecule has 2 aromatic carbocycles. The average molecular weight is 479 g/mol. The Morgan fingerprint density at radius 1 is 1.06 bits per heavy atom. The first-order chi connectivity index (χ1) is 16.5. The molecule has 0 aliphatic carbocycles. The largest absolute Gasteiger partial charge is 0.462 e. The number of nitrogens with zero attached hydrogens (tertiary/aromatic N) is 1. The van der Waals surface area contributed by atoms with E-state index >= 15 is 0 Å². The Kier molecular flexibility index (Phi) is 7.40. The van der Waals surface area contributed by atoms with Gasteiger partial charge in [0.1, 0.15) is 0 Å². The van der Waals surface area contributed by atoms with Crippen LogP contribution in [0.2, 0.25) is 0 Å². The first-order valence-corrected chi connectivity index (χ1v) is 11.9. The number of anilines is 1. The fourth-order valence-electron chi connectivity index (χ4n) is 4.21. The number of carbonyl (C=O) groups excluding carboxylic acids is 3. The summed E-state index contributed by atoms with van der Waals surface area (Å²) in [4.78, 5) is 41.7. The number of ether oxygens (including phenoxy) is 2. The number of thiophene rings is 1. The van der Waals surface area contributed by atoms with Gasteiger partial charge in [-0.1, -0.05) is 24.3 Å². The SMILES string of the molecule is CCOC(=O)c1ccc(NC(=O)[C@@H]2c3ccccc3C(=O)N(CCOC)[C@@H]2c2cccs2)cc1. The van der Waals surface area contributed by atoms with Gasteiger partial charge in [0.05, 0.1) is 30.7 Å². The van der Waals surface area contributed by atoms with Crippen LogP contribution in [0, 0.1) is 0 Å². The third-order valence-electron chi connectivity index (χ3n) is 5.76. The number of carbonyl (C=O) groups is 3. The third kappa shape index (κ3) is 4.73. The van der Waals surface area contributed by atoms with Crippen LogP contribution in [0.5, 0.6) is 0 Å². The molecule has 4 rings (SSSR count). The maximum atomic E-state index is 13.7. The first kappa shape index (κ1) is 23.7. The highest BCUT2D eigenvalue weighted by Gasteiger charge is 2.44. The maximum Gasteiger partial charge on any atom is 0.338 e. The molecule has 1 aliphatic heterocycles. The second-order valence-electron chi connectivity index (χ2n) is 7.80. The molecule has 1 aliphatic rings. The maximum absolute atomic E-state index is 13.7. The molecule has 0 saturated carbocycles. The zero-order valence-corrected chi connectivity index (χ0v) is 19.8. The minimum absolute atomic E-state index is 0.117. The molecule has 0 radical (unpaired) electrons. The Morgan fingerprint density at radius 2 is 1.82 bits per heavy atom. The van der Waals surface area contributed by atoms with Gasteiger partial charge in [-0.05, 0) is 54.3 Å². The van der Waals surface area contributed by atoms with Gasteiger partial charge in [0.2, 0.25) is 5.91 Å². The minimum Gasteiger partial charge on any atom is -0.462 e. The van der Waals surface area contributed by atoms with E-state index in [1.807, 2.05) is 29.6 Å². The third-order valence-corrected chi connectivity index (χ3v) is 6.70. The standard InChI is InChI=1S/C26H26N2O5S/c1-3-33-26(31)17-10-12-18(13-11-17)27-24(29)22-19-7-4-5-8-20(19)25(30)28(14-15-32-2)23(22)21-9-6-16-34-21/h4-13,16,22-23H,3,14-15H2,1-2H3,(H,27,29)/t22-,23-/m1/s1. The molecule has 176 valence electrons. The van der Waals surface area contributed by atoms with Gasteiger partial charge >= 0.3 is 5.97 Å². The highest BCUT2D eigenvalue weighted by molar-refractivity contribution is 7.10. The zero-order valence-electron chi connectivity index (χ0n) is 19.0. The zero-order chi connectivity index (χ0) is 24.1. The number of methoxy groups -OCH3 is 1. The van der Waals surface area contributed by atoms with Crippen molar-refractivity contribution in [2.24, 2.45) is 0 Å². The summed E-state index contributed by atoms with van der Waals surface area (Å²) in [5, 5.41) is 4.92. The van der Waals surface area contributed by atoms with Crippen molar-refractivity contribution >= 4 is 34.8 Å². The lowest BCUT2D eigenvalue weighted by Crippen LogP contribution is -2.47. The van der Waals surface area contributed by atoms with Crippen molar-refractivity contribution in [3.8, 4) is 0 Å². The number of amides is 2. The lowest BCUT2D eigenvalue weighted by Gasteiger charge is -2.41. The number of benzene rings is 2. The van der Waals surface area contributed by atoms with E-state index in [9.17, 15) is 14.4 Å². The molecule has 34 heavy (non-hydrogen) atoms. The van der Waals surface area contributed by atoms with Crippen molar-refractivity contribution in [3.05, 3.63) is 87.6 Å². The summed E-state index contributed by atoms with van der Waals surface area (Å²) in [6.07, 6.45) is 0. The van der Waals surface area contributed by atoms with E-state index in [2.05, 4.69) is 5.32 Å². The molecular formula is C26H26N2O5S. The molecule has 2 amide bonds. The summed E-state index contributed by atoms with van der Waals surface area (Å²) < 4.78 is 10.3. The Balaban J connectivity index is 1.69. The lowest BCUT2D eigenvalue weighted by atomic mass is 9.81. The predicted molar refractivity (Wildman–Crippen MR) is 130 cm³/mol. The Hall–Kier alpha value is -3.49. The normalized spacial score (nSPS) is 17.2. The van der Waals surface area contributed by atoms with E-state index in [4.69, 9.17) is 9.47 Å². The van der Waals surface area contributed by atoms with Crippen LogP contribution in [-0.2, 0) is 14.3 Å². The van der Waals surface area contributed by atoms with E-state index < -0.39 is 17.9 Å². The van der Waals surface area contributed by atoms with Crippen molar-refractivity contribution < 1.29 is 23.9 Å². The van der Waals surface area contributed by atoms with Gasteiger partial charge in [-0.3, -0.25) is 9.59 Å². The number of esters is 1. The van der Waals surface area contributed by atoms with E-state index in [1.54, 1.807) is 55.3 Å². The van der Waals surface area contributed by atoms with Crippen molar-refractivity contribution in [2.45, 2.75) is 18.9 Å². The molecule has 3 aromatic rings. The number of hydrogen-bond donors (Lipinski definition) is 1. The molecule has 0 bridgehead atoms. The van der Waals surface area contributed by atoms with Gasteiger partial charge in [0.15, 0.2) is 0 Å². The predicted octanol–water partition coefficient (Wildman–Crippen LogP) is 4.49. The molecule has 1 aromatic heterocycles. The van der Waals surface area contributed by atoms with Crippen LogP contribution in [0.25, 0.3) is 0 Å². The second kappa shape index (κ2) is 10.6. The van der Waals surface area contributed by atoms with Crippen LogP contribution in [0.15, 0.2) is 66.0 Å². The van der Waals surface area contributed by atoms with Gasteiger partial charge in [-0.2, -0.15) is 0 Å². The summed E-state index contributed by atoms with van der Waals surface area (Å²) in [5.41, 5.74) is 2.18. The Morgan fingerprint density at radius 3 is 2.50 bits per heavy atom. The molecule has 0 spiro atoms. The molecule has 0 fully saturated rings. The Labute approximate surface area is 202 Å². The van der Waals surface area contributed by atoms with Crippen molar-refractivity contribution in [1.82, 2.24) is 4.90 Å². The second-order valence-corrected chi connectivity index (χ2v) is 8.78. The topological polar surface area (TPSA) is 84.9 Å². The van der Waals surface area contributed by atoms with Crippen LogP contribution in [0.1, 0.15) is 50.0 Å². The van der Waals surface area contributed by atoms with Crippen LogP contribution in [0.3, 0.4) is 0 Å². The fourth-order valence-corrected chi connectivity index (χ4v) is 5.08. The van der Waals surface area contributed by atoms with Crippen LogP contribution in [0.4, 0.5) is 5.69 Å². The quantitative estimate of drug-likeness (QED) is 0.482. The molecule has 1 N–H and O–H groups in total. The highest BCUT2D eigenvalue weighted by Crippen LogP contribution is 2.44. The lowest BCUT2D eigenvalue weighted by molar-refractivity contribution is -0.119. The summed E-state index contributed by atoms with van der Waals surface area (Å²) in [6.45, 7) is 2.77. The molecule has 7 nitrogen and oxygen atoms in total. The molecular weight excluding hydrogens is 452 g/mol. The minimum atomic E-state index is -0.617. The number of hydrogen-bond acceptors (Lipinski definition) is 6. The van der Waals surface area contributed by atoms with Gasteiger partial charge < -0.3 is 19.7 Å². The smallest absolute Gasteiger partial charge is 0.338 e. The van der Waals surface area contributed by atoms with Crippen LogP contribution in [-0.4, -0.2) is 49.6 Å². The van der Waals surface area contributed by atoms with Gasteiger partial charge in [-0.25, -0.2) is 4.79 Å². The monoisotopic (exact) mass is 478 g/mol. The van der Waals surface area contributed by atoms with E-state index in [0.717, 1.165) is 4.88 Å². The van der Waals surface area contributed by atoms with Gasteiger partial charge in [-0.15, -0.1) is 11.3 Å². The van der Waals surface area contributed by atoms with Gasteiger partial charge in [0.25, 0.3) is 5.91 Å². The van der Waals surface area contributed by atoms with Crippen LogP contribution < -0.4 is 5.32 Å². The first-order valence-electron chi connectivity index (χ1n) is 11.1. The number of fused-ring (bicyclic) bond motifs is 1. The molecule has 2 atom stereocenters. The van der Waals surface area contributed by atoms with E-state index in [-0.39, 0.29) is 11.8 Å².